The van der Waals surface area contributed by atoms with Gasteiger partial charge in [-0.2, -0.15) is 8.78 Å². The van der Waals surface area contributed by atoms with E-state index in [1.54, 1.807) is 0 Å². The lowest BCUT2D eigenvalue weighted by Gasteiger charge is -2.05. The molecule has 0 fully saturated rings. The molecule has 0 aliphatic rings. The lowest BCUT2D eigenvalue weighted by Crippen LogP contribution is -2.01. The van der Waals surface area contributed by atoms with Crippen LogP contribution in [0.2, 0.25) is 5.02 Å². The van der Waals surface area contributed by atoms with Crippen molar-refractivity contribution in [3.05, 3.63) is 34.9 Å². The van der Waals surface area contributed by atoms with Gasteiger partial charge >= 0.3 is 12.6 Å². The van der Waals surface area contributed by atoms with Gasteiger partial charge in [0.05, 0.1) is 0 Å². The third-order valence-electron chi connectivity index (χ3n) is 1.60. The summed E-state index contributed by atoms with van der Waals surface area (Å²) in [7, 11) is 0. The Morgan fingerprint density at radius 1 is 1.50 bits per heavy atom. The molecular formula is C10H7ClF2O3. The van der Waals surface area contributed by atoms with Gasteiger partial charge in [0.1, 0.15) is 5.75 Å². The summed E-state index contributed by atoms with van der Waals surface area (Å²) in [5, 5.41) is 8.65. The number of carbonyl (C=O) groups is 1. The van der Waals surface area contributed by atoms with E-state index in [4.69, 9.17) is 16.7 Å². The minimum absolute atomic E-state index is 0.0792. The molecule has 3 nitrogen and oxygen atoms in total. The second-order valence-electron chi connectivity index (χ2n) is 2.73. The van der Waals surface area contributed by atoms with Crippen LogP contribution in [0.25, 0.3) is 6.08 Å². The van der Waals surface area contributed by atoms with Crippen LogP contribution < -0.4 is 4.74 Å². The molecule has 86 valence electrons. The summed E-state index contributed by atoms with van der Waals surface area (Å²) < 4.78 is 27.9. The fraction of sp³-hybridized carbons (Fsp3) is 0.100. The Morgan fingerprint density at radius 3 is 2.75 bits per heavy atom. The molecule has 16 heavy (non-hydrogen) atoms. The quantitative estimate of drug-likeness (QED) is 0.833. The number of hydrogen-bond acceptors (Lipinski definition) is 2. The zero-order valence-electron chi connectivity index (χ0n) is 7.86. The average Bonchev–Trinajstić information content (AvgIpc) is 2.18. The summed E-state index contributed by atoms with van der Waals surface area (Å²) in [4.78, 5) is 10.3. The minimum atomic E-state index is -2.93. The normalized spacial score (nSPS) is 11.0. The highest BCUT2D eigenvalue weighted by Gasteiger charge is 2.06. The van der Waals surface area contributed by atoms with Crippen LogP contribution in [-0.4, -0.2) is 17.7 Å². The van der Waals surface area contributed by atoms with Crippen LogP contribution in [0.1, 0.15) is 5.56 Å². The van der Waals surface area contributed by atoms with Crippen LogP contribution in [0.3, 0.4) is 0 Å². The molecule has 0 bridgehead atoms. The fourth-order valence-corrected chi connectivity index (χ4v) is 1.17. The average molecular weight is 249 g/mol. The predicted molar refractivity (Wildman–Crippen MR) is 54.8 cm³/mol. The molecule has 0 heterocycles. The monoisotopic (exact) mass is 248 g/mol. The molecular weight excluding hydrogens is 242 g/mol. The fourth-order valence-electron chi connectivity index (χ4n) is 0.987. The van der Waals surface area contributed by atoms with E-state index in [1.807, 2.05) is 0 Å². The summed E-state index contributed by atoms with van der Waals surface area (Å²) in [6.07, 6.45) is 2.05. The molecule has 1 aromatic carbocycles. The van der Waals surface area contributed by atoms with E-state index in [9.17, 15) is 13.6 Å². The van der Waals surface area contributed by atoms with Gasteiger partial charge < -0.3 is 9.84 Å². The van der Waals surface area contributed by atoms with Gasteiger partial charge in [-0.1, -0.05) is 11.6 Å². The van der Waals surface area contributed by atoms with Gasteiger partial charge in [0.15, 0.2) is 0 Å². The van der Waals surface area contributed by atoms with Gasteiger partial charge in [0, 0.05) is 11.1 Å². The molecule has 1 N–H and O–H groups in total. The Labute approximate surface area is 94.9 Å². The van der Waals surface area contributed by atoms with Gasteiger partial charge in [0.2, 0.25) is 0 Å². The number of carboxylic acids is 1. The van der Waals surface area contributed by atoms with Crippen molar-refractivity contribution in [2.24, 2.45) is 0 Å². The van der Waals surface area contributed by atoms with Gasteiger partial charge in [-0.3, -0.25) is 0 Å². The number of ether oxygens (including phenoxy) is 1. The highest BCUT2D eigenvalue weighted by atomic mass is 35.5. The standard InChI is InChI=1S/C10H7ClF2O3/c11-8-3-2-7(16-10(12)13)5-6(8)1-4-9(14)15/h1-5,10H,(H,14,15)/b4-1+. The smallest absolute Gasteiger partial charge is 0.387 e. The van der Waals surface area contributed by atoms with Gasteiger partial charge in [-0.15, -0.1) is 0 Å². The van der Waals surface area contributed by atoms with E-state index in [1.165, 1.54) is 24.3 Å². The highest BCUT2D eigenvalue weighted by molar-refractivity contribution is 6.32. The van der Waals surface area contributed by atoms with Crippen LogP contribution in [0.5, 0.6) is 5.75 Å². The summed E-state index contributed by atoms with van der Waals surface area (Å²) >= 11 is 5.73. The third-order valence-corrected chi connectivity index (χ3v) is 1.94. The Hall–Kier alpha value is -1.62. The molecule has 0 amide bonds. The maximum atomic E-state index is 11.9. The zero-order valence-corrected chi connectivity index (χ0v) is 8.62. The van der Waals surface area contributed by atoms with Gasteiger partial charge in [0.25, 0.3) is 0 Å². The molecule has 0 aromatic heterocycles. The predicted octanol–water partition coefficient (Wildman–Crippen LogP) is 3.04. The van der Waals surface area contributed by atoms with E-state index in [0.29, 0.717) is 5.56 Å². The van der Waals surface area contributed by atoms with Gasteiger partial charge in [-0.25, -0.2) is 4.79 Å². The lowest BCUT2D eigenvalue weighted by atomic mass is 10.2. The van der Waals surface area contributed by atoms with Crippen LogP contribution in [-0.2, 0) is 4.79 Å². The molecule has 0 radical (unpaired) electrons. The number of alkyl halides is 2. The molecule has 0 saturated heterocycles. The van der Waals surface area contributed by atoms with E-state index in [2.05, 4.69) is 4.74 Å². The number of benzene rings is 1. The highest BCUT2D eigenvalue weighted by Crippen LogP contribution is 2.24. The van der Waals surface area contributed by atoms with Crippen LogP contribution in [0.15, 0.2) is 24.3 Å². The van der Waals surface area contributed by atoms with E-state index in [0.717, 1.165) is 6.08 Å². The van der Waals surface area contributed by atoms with Crippen LogP contribution >= 0.6 is 11.6 Å². The Kier molecular flexibility index (Phi) is 4.25. The Bertz CT molecular complexity index is 419. The molecule has 0 saturated carbocycles. The number of rotatable bonds is 4. The minimum Gasteiger partial charge on any atom is -0.478 e. The van der Waals surface area contributed by atoms with Crippen molar-refractivity contribution >= 4 is 23.6 Å². The Balaban J connectivity index is 2.94. The maximum Gasteiger partial charge on any atom is 0.387 e. The molecule has 0 unspecified atom stereocenters. The number of aliphatic carboxylic acids is 1. The first kappa shape index (κ1) is 12.4. The van der Waals surface area contributed by atoms with Crippen molar-refractivity contribution in [1.29, 1.82) is 0 Å². The third kappa shape index (κ3) is 3.86. The first-order valence-corrected chi connectivity index (χ1v) is 4.52. The Morgan fingerprint density at radius 2 is 2.19 bits per heavy atom. The summed E-state index contributed by atoms with van der Waals surface area (Å²) in [5.74, 6) is -1.24. The van der Waals surface area contributed by atoms with Crippen molar-refractivity contribution in [2.75, 3.05) is 0 Å². The van der Waals surface area contributed by atoms with Crippen molar-refractivity contribution in [3.8, 4) is 5.75 Å². The van der Waals surface area contributed by atoms with Crippen molar-refractivity contribution in [2.45, 2.75) is 6.61 Å². The van der Waals surface area contributed by atoms with Crippen LogP contribution in [0, 0.1) is 0 Å². The second-order valence-corrected chi connectivity index (χ2v) is 3.14. The van der Waals surface area contributed by atoms with Gasteiger partial charge in [-0.05, 0) is 29.8 Å². The largest absolute Gasteiger partial charge is 0.478 e. The van der Waals surface area contributed by atoms with Crippen molar-refractivity contribution < 1.29 is 23.4 Å². The number of halogens is 3. The van der Waals surface area contributed by atoms with E-state index >= 15 is 0 Å². The first-order chi connectivity index (χ1) is 7.49. The topological polar surface area (TPSA) is 46.5 Å². The molecule has 1 aromatic rings. The molecule has 6 heteroatoms. The summed E-state index contributed by atoms with van der Waals surface area (Å²) in [6.45, 7) is -2.93. The molecule has 0 spiro atoms. The number of hydrogen-bond donors (Lipinski definition) is 1. The SMILES string of the molecule is O=C(O)/C=C/c1cc(OC(F)F)ccc1Cl. The molecule has 0 aliphatic heterocycles. The summed E-state index contributed by atoms with van der Waals surface area (Å²) in [5.41, 5.74) is 0.294. The molecule has 0 atom stereocenters. The van der Waals surface area contributed by atoms with Crippen molar-refractivity contribution in [1.82, 2.24) is 0 Å². The summed E-state index contributed by atoms with van der Waals surface area (Å²) in [6, 6.07) is 3.85. The van der Waals surface area contributed by atoms with Crippen molar-refractivity contribution in [3.63, 3.8) is 0 Å². The van der Waals surface area contributed by atoms with E-state index in [-0.39, 0.29) is 10.8 Å². The lowest BCUT2D eigenvalue weighted by molar-refractivity contribution is -0.131. The molecule has 1 rings (SSSR count). The maximum absolute atomic E-state index is 11.9. The van der Waals surface area contributed by atoms with E-state index < -0.39 is 12.6 Å². The zero-order chi connectivity index (χ0) is 12.1. The first-order valence-electron chi connectivity index (χ1n) is 4.14. The van der Waals surface area contributed by atoms with Crippen LogP contribution in [0.4, 0.5) is 8.78 Å². The second kappa shape index (κ2) is 5.46. The number of carboxylic acid groups (broad SMARTS) is 1. The molecule has 0 aliphatic carbocycles.